The number of hydrogen-bond donors (Lipinski definition) is 2. The van der Waals surface area contributed by atoms with E-state index in [1.54, 1.807) is 7.11 Å². The van der Waals surface area contributed by atoms with Gasteiger partial charge in [-0.25, -0.2) is 4.79 Å². The molecule has 1 aromatic rings. The van der Waals surface area contributed by atoms with Crippen LogP contribution >= 0.6 is 0 Å². The fourth-order valence-electron chi connectivity index (χ4n) is 0.941. The summed E-state index contributed by atoms with van der Waals surface area (Å²) in [6, 6.07) is 0.201. The van der Waals surface area contributed by atoms with E-state index in [9.17, 15) is 4.79 Å². The molecule has 0 aliphatic rings. The van der Waals surface area contributed by atoms with E-state index in [-0.39, 0.29) is 17.8 Å². The Kier molecular flexibility index (Phi) is 3.47. The van der Waals surface area contributed by atoms with E-state index in [0.29, 0.717) is 6.61 Å². The number of oxazole rings is 1. The van der Waals surface area contributed by atoms with Gasteiger partial charge in [-0.2, -0.15) is 4.98 Å². The van der Waals surface area contributed by atoms with Gasteiger partial charge in [0, 0.05) is 7.11 Å². The summed E-state index contributed by atoms with van der Waals surface area (Å²) in [5.74, 6) is -1.11. The highest BCUT2D eigenvalue weighted by atomic mass is 16.5. The van der Waals surface area contributed by atoms with Crippen molar-refractivity contribution in [2.24, 2.45) is 0 Å². The molecule has 78 valence electrons. The molecule has 1 rings (SSSR count). The zero-order valence-electron chi connectivity index (χ0n) is 7.98. The van der Waals surface area contributed by atoms with Gasteiger partial charge >= 0.3 is 5.97 Å². The number of anilines is 1. The van der Waals surface area contributed by atoms with Crippen molar-refractivity contribution in [2.75, 3.05) is 19.0 Å². The van der Waals surface area contributed by atoms with Crippen LogP contribution in [0.2, 0.25) is 0 Å². The molecule has 0 saturated heterocycles. The first-order valence-corrected chi connectivity index (χ1v) is 4.07. The standard InChI is InChI=1S/C8H12N2O4/c1-5(3-13-2)9-8-10-6(4-14-8)7(11)12/h4-5H,3H2,1-2H3,(H,9,10)(H,11,12). The van der Waals surface area contributed by atoms with E-state index in [1.165, 1.54) is 0 Å². The van der Waals surface area contributed by atoms with Crippen molar-refractivity contribution in [1.29, 1.82) is 0 Å². The molecule has 6 heteroatoms. The molecule has 1 atom stereocenters. The predicted octanol–water partition coefficient (Wildman–Crippen LogP) is 0.820. The predicted molar refractivity (Wildman–Crippen MR) is 48.4 cm³/mol. The number of nitrogens with zero attached hydrogens (tertiary/aromatic N) is 1. The van der Waals surface area contributed by atoms with Crippen LogP contribution in [0.4, 0.5) is 6.01 Å². The third-order valence-corrected chi connectivity index (χ3v) is 1.51. The first kappa shape index (κ1) is 10.5. The van der Waals surface area contributed by atoms with Gasteiger partial charge in [-0.1, -0.05) is 0 Å². The largest absolute Gasteiger partial charge is 0.476 e. The molecular formula is C8H12N2O4. The van der Waals surface area contributed by atoms with E-state index in [1.807, 2.05) is 6.92 Å². The minimum absolute atomic E-state index is 0.0142. The third kappa shape index (κ3) is 2.74. The van der Waals surface area contributed by atoms with Crippen molar-refractivity contribution in [1.82, 2.24) is 4.98 Å². The van der Waals surface area contributed by atoms with Crippen molar-refractivity contribution < 1.29 is 19.1 Å². The summed E-state index contributed by atoms with van der Waals surface area (Å²) in [5, 5.41) is 11.4. The van der Waals surface area contributed by atoms with Crippen LogP contribution in [-0.4, -0.2) is 35.8 Å². The lowest BCUT2D eigenvalue weighted by Crippen LogP contribution is -2.20. The third-order valence-electron chi connectivity index (χ3n) is 1.51. The van der Waals surface area contributed by atoms with Crippen molar-refractivity contribution in [2.45, 2.75) is 13.0 Å². The summed E-state index contributed by atoms with van der Waals surface area (Å²) in [6.45, 7) is 2.36. The lowest BCUT2D eigenvalue weighted by molar-refractivity contribution is 0.0690. The number of aromatic carboxylic acids is 1. The van der Waals surface area contributed by atoms with E-state index < -0.39 is 5.97 Å². The van der Waals surface area contributed by atoms with Gasteiger partial charge in [0.1, 0.15) is 6.26 Å². The van der Waals surface area contributed by atoms with Gasteiger partial charge in [-0.05, 0) is 6.92 Å². The highest BCUT2D eigenvalue weighted by Crippen LogP contribution is 2.08. The summed E-state index contributed by atoms with van der Waals surface area (Å²) in [4.78, 5) is 14.1. The van der Waals surface area contributed by atoms with Crippen molar-refractivity contribution in [3.8, 4) is 0 Å². The van der Waals surface area contributed by atoms with Gasteiger partial charge in [0.15, 0.2) is 5.69 Å². The minimum Gasteiger partial charge on any atom is -0.476 e. The van der Waals surface area contributed by atoms with Crippen LogP contribution in [0, 0.1) is 0 Å². The Bertz CT molecular complexity index is 310. The highest BCUT2D eigenvalue weighted by molar-refractivity contribution is 5.85. The van der Waals surface area contributed by atoms with Crippen LogP contribution < -0.4 is 5.32 Å². The lowest BCUT2D eigenvalue weighted by atomic mass is 10.4. The Hall–Kier alpha value is -1.56. The summed E-state index contributed by atoms with van der Waals surface area (Å²) in [6.07, 6.45) is 1.09. The Balaban J connectivity index is 2.55. The second-order valence-electron chi connectivity index (χ2n) is 2.84. The number of carboxylic acid groups (broad SMARTS) is 1. The van der Waals surface area contributed by atoms with Crippen molar-refractivity contribution in [3.05, 3.63) is 12.0 Å². The average Bonchev–Trinajstić information content (AvgIpc) is 2.53. The SMILES string of the molecule is COCC(C)Nc1nc(C(=O)O)co1. The molecule has 0 radical (unpaired) electrons. The van der Waals surface area contributed by atoms with E-state index in [4.69, 9.17) is 14.3 Å². The topological polar surface area (TPSA) is 84.6 Å². The minimum atomic E-state index is -1.11. The Morgan fingerprint density at radius 3 is 3.07 bits per heavy atom. The fourth-order valence-corrected chi connectivity index (χ4v) is 0.941. The van der Waals surface area contributed by atoms with Gasteiger partial charge in [-0.15, -0.1) is 0 Å². The molecule has 0 aromatic carbocycles. The quantitative estimate of drug-likeness (QED) is 0.731. The molecule has 0 amide bonds. The number of nitrogens with one attached hydrogen (secondary N) is 1. The molecule has 0 aliphatic heterocycles. The van der Waals surface area contributed by atoms with E-state index in [0.717, 1.165) is 6.26 Å². The molecule has 0 aliphatic carbocycles. The second-order valence-corrected chi connectivity index (χ2v) is 2.84. The molecular weight excluding hydrogens is 188 g/mol. The molecule has 1 unspecified atom stereocenters. The maximum Gasteiger partial charge on any atom is 0.357 e. The van der Waals surface area contributed by atoms with Crippen LogP contribution in [0.25, 0.3) is 0 Å². The molecule has 2 N–H and O–H groups in total. The van der Waals surface area contributed by atoms with E-state index >= 15 is 0 Å². The monoisotopic (exact) mass is 200 g/mol. The zero-order chi connectivity index (χ0) is 10.6. The first-order chi connectivity index (χ1) is 6.63. The van der Waals surface area contributed by atoms with Gasteiger partial charge in [-0.3, -0.25) is 0 Å². The van der Waals surface area contributed by atoms with Gasteiger partial charge in [0.25, 0.3) is 6.01 Å². The first-order valence-electron chi connectivity index (χ1n) is 4.07. The molecule has 0 saturated carbocycles. The molecule has 0 fully saturated rings. The molecule has 1 aromatic heterocycles. The molecule has 14 heavy (non-hydrogen) atoms. The average molecular weight is 200 g/mol. The summed E-state index contributed by atoms with van der Waals surface area (Å²) >= 11 is 0. The maximum atomic E-state index is 10.5. The number of hydrogen-bond acceptors (Lipinski definition) is 5. The smallest absolute Gasteiger partial charge is 0.357 e. The number of carboxylic acids is 1. The number of carbonyl (C=O) groups is 1. The van der Waals surface area contributed by atoms with Crippen molar-refractivity contribution in [3.63, 3.8) is 0 Å². The maximum absolute atomic E-state index is 10.5. The fraction of sp³-hybridized carbons (Fsp3) is 0.500. The summed E-state index contributed by atoms with van der Waals surface area (Å²) < 4.78 is 9.77. The lowest BCUT2D eigenvalue weighted by Gasteiger charge is -2.09. The van der Waals surface area contributed by atoms with Crippen LogP contribution in [0.3, 0.4) is 0 Å². The number of methoxy groups -OCH3 is 1. The molecule has 6 nitrogen and oxygen atoms in total. The number of ether oxygens (including phenoxy) is 1. The van der Waals surface area contributed by atoms with Crippen LogP contribution in [0.15, 0.2) is 10.7 Å². The molecule has 0 bridgehead atoms. The number of rotatable bonds is 5. The highest BCUT2D eigenvalue weighted by Gasteiger charge is 2.11. The van der Waals surface area contributed by atoms with Crippen LogP contribution in [0.1, 0.15) is 17.4 Å². The summed E-state index contributed by atoms with van der Waals surface area (Å²) in [7, 11) is 1.58. The number of aromatic nitrogens is 1. The van der Waals surface area contributed by atoms with Crippen molar-refractivity contribution >= 4 is 12.0 Å². The Morgan fingerprint density at radius 1 is 1.86 bits per heavy atom. The zero-order valence-corrected chi connectivity index (χ0v) is 7.98. The Labute approximate surface area is 80.9 Å². The summed E-state index contributed by atoms with van der Waals surface area (Å²) in [5.41, 5.74) is -0.114. The van der Waals surface area contributed by atoms with E-state index in [2.05, 4.69) is 10.3 Å². The second kappa shape index (κ2) is 4.61. The molecule has 0 spiro atoms. The molecule has 1 heterocycles. The van der Waals surface area contributed by atoms with Gasteiger partial charge in [0.05, 0.1) is 12.6 Å². The van der Waals surface area contributed by atoms with Gasteiger partial charge < -0.3 is 19.6 Å². The van der Waals surface area contributed by atoms with Crippen LogP contribution in [-0.2, 0) is 4.74 Å². The normalized spacial score (nSPS) is 12.4. The Morgan fingerprint density at radius 2 is 2.57 bits per heavy atom. The van der Waals surface area contributed by atoms with Crippen LogP contribution in [0.5, 0.6) is 0 Å². The van der Waals surface area contributed by atoms with Gasteiger partial charge in [0.2, 0.25) is 0 Å².